The topological polar surface area (TPSA) is 29.1 Å². The molecule has 120 valence electrons. The summed E-state index contributed by atoms with van der Waals surface area (Å²) in [5.41, 5.74) is 5.71. The van der Waals surface area contributed by atoms with Crippen LogP contribution in [-0.2, 0) is 17.8 Å². The van der Waals surface area contributed by atoms with Gasteiger partial charge in [0.25, 0.3) is 0 Å². The molecule has 1 N–H and O–H groups in total. The fourth-order valence-electron chi connectivity index (χ4n) is 2.72. The van der Waals surface area contributed by atoms with Crippen molar-refractivity contribution in [1.82, 2.24) is 5.32 Å². The van der Waals surface area contributed by atoms with Crippen molar-refractivity contribution in [3.8, 4) is 11.1 Å². The van der Waals surface area contributed by atoms with E-state index in [1.165, 1.54) is 16.7 Å². The highest BCUT2D eigenvalue weighted by atomic mass is 16.1. The number of benzene rings is 3. The van der Waals surface area contributed by atoms with E-state index >= 15 is 0 Å². The van der Waals surface area contributed by atoms with Gasteiger partial charge in [-0.1, -0.05) is 84.4 Å². The monoisotopic (exact) mass is 315 g/mol. The number of hydrogen-bond acceptors (Lipinski definition) is 1. The average Bonchev–Trinajstić information content (AvgIpc) is 2.61. The maximum atomic E-state index is 12.1. The van der Waals surface area contributed by atoms with Crippen molar-refractivity contribution in [1.29, 1.82) is 0 Å². The molecular weight excluding hydrogens is 294 g/mol. The second-order valence-corrected chi connectivity index (χ2v) is 6.01. The zero-order valence-corrected chi connectivity index (χ0v) is 13.8. The summed E-state index contributed by atoms with van der Waals surface area (Å²) >= 11 is 0. The summed E-state index contributed by atoms with van der Waals surface area (Å²) in [6.45, 7) is 2.63. The molecule has 3 aromatic rings. The van der Waals surface area contributed by atoms with E-state index in [2.05, 4.69) is 48.6 Å². The van der Waals surface area contributed by atoms with Crippen LogP contribution in [0, 0.1) is 6.92 Å². The second-order valence-electron chi connectivity index (χ2n) is 6.01. The standard InChI is InChI=1S/C22H21NO/c1-17-6-5-7-19(14-17)16-23-22(24)15-18-10-12-21(13-11-18)20-8-3-2-4-9-20/h2-14H,15-16H2,1H3,(H,23,24). The summed E-state index contributed by atoms with van der Waals surface area (Å²) in [6, 6.07) is 26.6. The first kappa shape index (κ1) is 16.0. The smallest absolute Gasteiger partial charge is 0.224 e. The first-order chi connectivity index (χ1) is 11.7. The molecular formula is C22H21NO. The zero-order valence-electron chi connectivity index (χ0n) is 13.8. The highest BCUT2D eigenvalue weighted by Crippen LogP contribution is 2.19. The zero-order chi connectivity index (χ0) is 16.8. The molecule has 0 saturated heterocycles. The van der Waals surface area contributed by atoms with E-state index in [1.807, 2.05) is 42.5 Å². The summed E-state index contributed by atoms with van der Waals surface area (Å²) in [6.07, 6.45) is 0.404. The summed E-state index contributed by atoms with van der Waals surface area (Å²) in [7, 11) is 0. The van der Waals surface area contributed by atoms with Gasteiger partial charge in [-0.3, -0.25) is 4.79 Å². The molecule has 0 radical (unpaired) electrons. The van der Waals surface area contributed by atoms with E-state index < -0.39 is 0 Å². The minimum Gasteiger partial charge on any atom is -0.352 e. The number of aryl methyl sites for hydroxylation is 1. The molecule has 0 unspecified atom stereocenters. The van der Waals surface area contributed by atoms with Crippen LogP contribution in [-0.4, -0.2) is 5.91 Å². The van der Waals surface area contributed by atoms with Crippen LogP contribution in [0.3, 0.4) is 0 Å². The van der Waals surface area contributed by atoms with E-state index in [0.29, 0.717) is 13.0 Å². The molecule has 2 nitrogen and oxygen atoms in total. The number of rotatable bonds is 5. The number of carbonyl (C=O) groups is 1. The largest absolute Gasteiger partial charge is 0.352 e. The Morgan fingerprint density at radius 1 is 0.792 bits per heavy atom. The van der Waals surface area contributed by atoms with Gasteiger partial charge in [0.05, 0.1) is 6.42 Å². The third-order valence-corrected chi connectivity index (χ3v) is 4.00. The molecule has 0 heterocycles. The highest BCUT2D eigenvalue weighted by molar-refractivity contribution is 5.78. The van der Waals surface area contributed by atoms with E-state index in [9.17, 15) is 4.79 Å². The highest BCUT2D eigenvalue weighted by Gasteiger charge is 2.04. The molecule has 1 amide bonds. The van der Waals surface area contributed by atoms with Crippen LogP contribution in [0.1, 0.15) is 16.7 Å². The lowest BCUT2D eigenvalue weighted by atomic mass is 10.0. The van der Waals surface area contributed by atoms with Crippen LogP contribution in [0.25, 0.3) is 11.1 Å². The Morgan fingerprint density at radius 3 is 2.21 bits per heavy atom. The fourth-order valence-corrected chi connectivity index (χ4v) is 2.72. The predicted molar refractivity (Wildman–Crippen MR) is 98.6 cm³/mol. The van der Waals surface area contributed by atoms with Crippen LogP contribution in [0.2, 0.25) is 0 Å². The maximum Gasteiger partial charge on any atom is 0.224 e. The molecule has 0 saturated carbocycles. The predicted octanol–water partition coefficient (Wildman–Crippen LogP) is 4.52. The Labute approximate surface area is 143 Å². The number of hydrogen-bond donors (Lipinski definition) is 1. The summed E-state index contributed by atoms with van der Waals surface area (Å²) in [5, 5.41) is 2.98. The fraction of sp³-hybridized carbons (Fsp3) is 0.136. The minimum atomic E-state index is 0.0453. The Morgan fingerprint density at radius 2 is 1.50 bits per heavy atom. The van der Waals surface area contributed by atoms with Crippen molar-refractivity contribution in [3.63, 3.8) is 0 Å². The van der Waals surface area contributed by atoms with Crippen molar-refractivity contribution in [2.45, 2.75) is 19.9 Å². The van der Waals surface area contributed by atoms with Gasteiger partial charge in [0.2, 0.25) is 5.91 Å². The van der Waals surface area contributed by atoms with Gasteiger partial charge in [-0.2, -0.15) is 0 Å². The molecule has 0 aliphatic carbocycles. The Bertz CT molecular complexity index is 807. The van der Waals surface area contributed by atoms with Crippen LogP contribution in [0.15, 0.2) is 78.9 Å². The molecule has 3 rings (SSSR count). The Balaban J connectivity index is 1.57. The van der Waals surface area contributed by atoms with Crippen molar-refractivity contribution >= 4 is 5.91 Å². The minimum absolute atomic E-state index is 0.0453. The average molecular weight is 315 g/mol. The van der Waals surface area contributed by atoms with E-state index in [4.69, 9.17) is 0 Å². The van der Waals surface area contributed by atoms with Crippen LogP contribution in [0.4, 0.5) is 0 Å². The number of nitrogens with one attached hydrogen (secondary N) is 1. The third-order valence-electron chi connectivity index (χ3n) is 4.00. The molecule has 3 aromatic carbocycles. The van der Waals surface area contributed by atoms with E-state index in [1.54, 1.807) is 0 Å². The first-order valence-corrected chi connectivity index (χ1v) is 8.17. The lowest BCUT2D eigenvalue weighted by Gasteiger charge is -2.07. The molecule has 0 aliphatic heterocycles. The third kappa shape index (κ3) is 4.32. The molecule has 0 aliphatic rings. The molecule has 2 heteroatoms. The van der Waals surface area contributed by atoms with Gasteiger partial charge in [-0.15, -0.1) is 0 Å². The van der Waals surface area contributed by atoms with Gasteiger partial charge in [0, 0.05) is 6.54 Å². The van der Waals surface area contributed by atoms with E-state index in [-0.39, 0.29) is 5.91 Å². The number of carbonyl (C=O) groups excluding carboxylic acids is 1. The quantitative estimate of drug-likeness (QED) is 0.737. The van der Waals surface area contributed by atoms with Gasteiger partial charge >= 0.3 is 0 Å². The molecule has 0 aromatic heterocycles. The summed E-state index contributed by atoms with van der Waals surface area (Å²) < 4.78 is 0. The molecule has 0 atom stereocenters. The second kappa shape index (κ2) is 7.60. The maximum absolute atomic E-state index is 12.1. The van der Waals surface area contributed by atoms with Crippen LogP contribution in [0.5, 0.6) is 0 Å². The van der Waals surface area contributed by atoms with Crippen LogP contribution < -0.4 is 5.32 Å². The Kier molecular flexibility index (Phi) is 5.07. The van der Waals surface area contributed by atoms with Crippen molar-refractivity contribution in [2.24, 2.45) is 0 Å². The van der Waals surface area contributed by atoms with Crippen LogP contribution >= 0.6 is 0 Å². The Hall–Kier alpha value is -2.87. The number of amides is 1. The van der Waals surface area contributed by atoms with Gasteiger partial charge in [-0.05, 0) is 29.2 Å². The van der Waals surface area contributed by atoms with Gasteiger partial charge < -0.3 is 5.32 Å². The lowest BCUT2D eigenvalue weighted by molar-refractivity contribution is -0.120. The van der Waals surface area contributed by atoms with Crippen molar-refractivity contribution in [3.05, 3.63) is 95.6 Å². The van der Waals surface area contributed by atoms with Gasteiger partial charge in [-0.25, -0.2) is 0 Å². The molecule has 0 fully saturated rings. The lowest BCUT2D eigenvalue weighted by Crippen LogP contribution is -2.24. The molecule has 0 spiro atoms. The molecule has 24 heavy (non-hydrogen) atoms. The van der Waals surface area contributed by atoms with Crippen molar-refractivity contribution in [2.75, 3.05) is 0 Å². The SMILES string of the molecule is Cc1cccc(CNC(=O)Cc2ccc(-c3ccccc3)cc2)c1. The summed E-state index contributed by atoms with van der Waals surface area (Å²) in [5.74, 6) is 0.0453. The normalized spacial score (nSPS) is 10.4. The molecule has 0 bridgehead atoms. The first-order valence-electron chi connectivity index (χ1n) is 8.17. The summed E-state index contributed by atoms with van der Waals surface area (Å²) in [4.78, 5) is 12.1. The van der Waals surface area contributed by atoms with E-state index in [0.717, 1.165) is 11.1 Å². The van der Waals surface area contributed by atoms with Crippen molar-refractivity contribution < 1.29 is 4.79 Å². The van der Waals surface area contributed by atoms with Gasteiger partial charge in [0.1, 0.15) is 0 Å². The van der Waals surface area contributed by atoms with Gasteiger partial charge in [0.15, 0.2) is 0 Å².